The molecule has 2 heterocycles. The van der Waals surface area contributed by atoms with Crippen molar-refractivity contribution in [1.29, 1.82) is 5.26 Å². The topological polar surface area (TPSA) is 130 Å². The van der Waals surface area contributed by atoms with Gasteiger partial charge in [0.1, 0.15) is 18.3 Å². The Morgan fingerprint density at radius 2 is 2.00 bits per heavy atom. The van der Waals surface area contributed by atoms with Gasteiger partial charge < -0.3 is 5.11 Å². The number of benzene rings is 2. The highest BCUT2D eigenvalue weighted by Crippen LogP contribution is 2.18. The summed E-state index contributed by atoms with van der Waals surface area (Å²) in [4.78, 5) is 29.3. The maximum absolute atomic E-state index is 12.4. The molecule has 0 aliphatic carbocycles. The number of aromatic nitrogens is 5. The van der Waals surface area contributed by atoms with Crippen LogP contribution >= 0.6 is 0 Å². The fourth-order valence-electron chi connectivity index (χ4n) is 3.34. The van der Waals surface area contributed by atoms with E-state index in [-0.39, 0.29) is 18.4 Å². The second kappa shape index (κ2) is 9.57. The summed E-state index contributed by atoms with van der Waals surface area (Å²) in [7, 11) is 0. The molecule has 0 aliphatic rings. The van der Waals surface area contributed by atoms with Crippen molar-refractivity contribution in [2.24, 2.45) is 0 Å². The average molecular weight is 441 g/mol. The molecule has 0 fully saturated rings. The van der Waals surface area contributed by atoms with Crippen LogP contribution in [0.1, 0.15) is 16.8 Å². The molecule has 2 aromatic heterocycles. The van der Waals surface area contributed by atoms with Crippen LogP contribution in [0.4, 0.5) is 10.5 Å². The van der Waals surface area contributed by atoms with E-state index in [1.807, 2.05) is 6.07 Å². The van der Waals surface area contributed by atoms with E-state index in [4.69, 9.17) is 5.26 Å². The molecule has 33 heavy (non-hydrogen) atoms. The fourth-order valence-corrected chi connectivity index (χ4v) is 3.34. The molecule has 10 nitrogen and oxygen atoms in total. The van der Waals surface area contributed by atoms with Gasteiger partial charge in [-0.1, -0.05) is 18.2 Å². The van der Waals surface area contributed by atoms with Crippen molar-refractivity contribution >= 4 is 11.8 Å². The Morgan fingerprint density at radius 1 is 1.15 bits per heavy atom. The van der Waals surface area contributed by atoms with E-state index in [0.717, 1.165) is 5.56 Å². The fraction of sp³-hybridized carbons (Fsp3) is 0.130. The van der Waals surface area contributed by atoms with Crippen molar-refractivity contribution < 1.29 is 9.90 Å². The summed E-state index contributed by atoms with van der Waals surface area (Å²) < 4.78 is 3.10. The summed E-state index contributed by atoms with van der Waals surface area (Å²) in [6, 6.07) is 17.4. The summed E-state index contributed by atoms with van der Waals surface area (Å²) in [6.45, 7) is 0.539. The van der Waals surface area contributed by atoms with Gasteiger partial charge >= 0.3 is 6.09 Å². The minimum Gasteiger partial charge on any atom is -0.465 e. The third-order valence-electron chi connectivity index (χ3n) is 4.96. The molecule has 2 aromatic carbocycles. The van der Waals surface area contributed by atoms with Gasteiger partial charge in [-0.15, -0.1) is 0 Å². The Kier molecular flexibility index (Phi) is 6.22. The van der Waals surface area contributed by atoms with E-state index in [0.29, 0.717) is 29.2 Å². The first-order chi connectivity index (χ1) is 16.0. The quantitative estimate of drug-likeness (QED) is 0.466. The molecule has 0 radical (unpaired) electrons. The highest BCUT2D eigenvalue weighted by molar-refractivity contribution is 5.86. The predicted octanol–water partition coefficient (Wildman–Crippen LogP) is 2.47. The highest BCUT2D eigenvalue weighted by Gasteiger charge is 2.15. The zero-order valence-electron chi connectivity index (χ0n) is 17.4. The second-order valence-electron chi connectivity index (χ2n) is 7.17. The lowest BCUT2D eigenvalue weighted by atomic mass is 10.1. The van der Waals surface area contributed by atoms with Gasteiger partial charge in [-0.3, -0.25) is 14.4 Å². The van der Waals surface area contributed by atoms with Crippen molar-refractivity contribution in [2.45, 2.75) is 13.0 Å². The Bertz CT molecular complexity index is 1370. The van der Waals surface area contributed by atoms with E-state index in [1.54, 1.807) is 58.0 Å². The Balaban J connectivity index is 1.58. The SMILES string of the molecule is N#Cc1cccc(-n2ccc(=O)c(Cc3cccc(N(CCn4cncn4)C(=O)O)c3)n2)c1. The number of nitriles is 1. The van der Waals surface area contributed by atoms with Gasteiger partial charge in [-0.25, -0.2) is 14.5 Å². The minimum atomic E-state index is -1.09. The lowest BCUT2D eigenvalue weighted by molar-refractivity contribution is 0.201. The predicted molar refractivity (Wildman–Crippen MR) is 119 cm³/mol. The number of carboxylic acid groups (broad SMARTS) is 1. The molecule has 0 aliphatic heterocycles. The molecular formula is C23H19N7O3. The summed E-state index contributed by atoms with van der Waals surface area (Å²) in [5.74, 6) is 0. The van der Waals surface area contributed by atoms with E-state index in [1.165, 1.54) is 23.6 Å². The summed E-state index contributed by atoms with van der Waals surface area (Å²) in [6.07, 6.45) is 3.60. The molecule has 0 bridgehead atoms. The van der Waals surface area contributed by atoms with Gasteiger partial charge in [0.2, 0.25) is 5.43 Å². The summed E-state index contributed by atoms with van der Waals surface area (Å²) >= 11 is 0. The van der Waals surface area contributed by atoms with Gasteiger partial charge in [0, 0.05) is 30.9 Å². The van der Waals surface area contributed by atoms with Crippen LogP contribution in [0.2, 0.25) is 0 Å². The van der Waals surface area contributed by atoms with Crippen LogP contribution in [-0.4, -0.2) is 42.3 Å². The molecule has 0 saturated carbocycles. The molecule has 1 amide bonds. The molecule has 0 saturated heterocycles. The maximum Gasteiger partial charge on any atom is 0.411 e. The van der Waals surface area contributed by atoms with Gasteiger partial charge in [-0.2, -0.15) is 15.5 Å². The Hall–Kier alpha value is -4.78. The molecule has 10 heteroatoms. The number of hydrogen-bond donors (Lipinski definition) is 1. The van der Waals surface area contributed by atoms with Crippen molar-refractivity contribution in [3.63, 3.8) is 0 Å². The van der Waals surface area contributed by atoms with Crippen molar-refractivity contribution in [1.82, 2.24) is 24.5 Å². The number of nitrogens with zero attached hydrogens (tertiary/aromatic N) is 7. The molecule has 1 N–H and O–H groups in total. The third-order valence-corrected chi connectivity index (χ3v) is 4.96. The number of carbonyl (C=O) groups is 1. The molecule has 4 rings (SSSR count). The van der Waals surface area contributed by atoms with E-state index < -0.39 is 6.09 Å². The monoisotopic (exact) mass is 441 g/mol. The smallest absolute Gasteiger partial charge is 0.411 e. The number of amides is 1. The third kappa shape index (κ3) is 5.11. The normalized spacial score (nSPS) is 10.5. The van der Waals surface area contributed by atoms with Gasteiger partial charge in [0.15, 0.2) is 0 Å². The van der Waals surface area contributed by atoms with Gasteiger partial charge in [0.05, 0.1) is 23.9 Å². The zero-order valence-corrected chi connectivity index (χ0v) is 17.4. The first-order valence-electron chi connectivity index (χ1n) is 10.0. The largest absolute Gasteiger partial charge is 0.465 e. The van der Waals surface area contributed by atoms with Crippen LogP contribution in [0.3, 0.4) is 0 Å². The van der Waals surface area contributed by atoms with Crippen LogP contribution in [0.15, 0.2) is 78.2 Å². The number of anilines is 1. The van der Waals surface area contributed by atoms with Crippen molar-refractivity contribution in [2.75, 3.05) is 11.4 Å². The molecule has 0 unspecified atom stereocenters. The summed E-state index contributed by atoms with van der Waals surface area (Å²) in [5, 5.41) is 27.2. The molecular weight excluding hydrogens is 422 g/mol. The first-order valence-corrected chi connectivity index (χ1v) is 10.0. The minimum absolute atomic E-state index is 0.188. The molecule has 0 spiro atoms. The van der Waals surface area contributed by atoms with Crippen LogP contribution in [0.25, 0.3) is 5.69 Å². The first kappa shape index (κ1) is 21.5. The van der Waals surface area contributed by atoms with E-state index in [9.17, 15) is 14.7 Å². The van der Waals surface area contributed by atoms with Crippen molar-refractivity contribution in [3.05, 3.63) is 100 Å². The van der Waals surface area contributed by atoms with E-state index >= 15 is 0 Å². The second-order valence-corrected chi connectivity index (χ2v) is 7.17. The van der Waals surface area contributed by atoms with Gasteiger partial charge in [0.25, 0.3) is 0 Å². The van der Waals surface area contributed by atoms with Crippen molar-refractivity contribution in [3.8, 4) is 11.8 Å². The van der Waals surface area contributed by atoms with Crippen LogP contribution < -0.4 is 10.3 Å². The molecule has 0 atom stereocenters. The maximum atomic E-state index is 12.4. The van der Waals surface area contributed by atoms with Crippen LogP contribution in [0.5, 0.6) is 0 Å². The average Bonchev–Trinajstić information content (AvgIpc) is 3.34. The van der Waals surface area contributed by atoms with Gasteiger partial charge in [-0.05, 0) is 35.9 Å². The standard InChI is InChI=1S/C23H19N7O3/c24-14-18-4-2-6-20(12-18)30-8-7-22(31)21(27-30)13-17-3-1-5-19(11-17)29(23(32)33)10-9-28-16-25-15-26-28/h1-8,11-12,15-16H,9-10,13H2,(H,32,33). The lowest BCUT2D eigenvalue weighted by Crippen LogP contribution is -2.32. The van der Waals surface area contributed by atoms with E-state index in [2.05, 4.69) is 21.3 Å². The number of rotatable bonds is 7. The lowest BCUT2D eigenvalue weighted by Gasteiger charge is -2.20. The zero-order chi connectivity index (χ0) is 23.2. The molecule has 4 aromatic rings. The molecule has 164 valence electrons. The highest BCUT2D eigenvalue weighted by atomic mass is 16.4. The van der Waals surface area contributed by atoms with Crippen LogP contribution in [0, 0.1) is 11.3 Å². The summed E-state index contributed by atoms with van der Waals surface area (Å²) in [5.41, 5.74) is 2.46. The Morgan fingerprint density at radius 3 is 2.76 bits per heavy atom. The number of hydrogen-bond acceptors (Lipinski definition) is 6. The Labute approximate surface area is 188 Å². The van der Waals surface area contributed by atoms with Crippen LogP contribution in [-0.2, 0) is 13.0 Å².